The minimum Gasteiger partial charge on any atom is -0.342 e. The number of nitrogens with one attached hydrogen (secondary N) is 1. The summed E-state index contributed by atoms with van der Waals surface area (Å²) in [6.45, 7) is 66.5. The first-order chi connectivity index (χ1) is 35.6. The van der Waals surface area contributed by atoms with Crippen LogP contribution in [0.1, 0.15) is 189 Å². The van der Waals surface area contributed by atoms with Gasteiger partial charge in [-0.15, -0.1) is 0 Å². The van der Waals surface area contributed by atoms with Crippen molar-refractivity contribution in [3.63, 3.8) is 0 Å². The van der Waals surface area contributed by atoms with E-state index < -0.39 is 15.1 Å². The molecule has 6 heterocycles. The molecule has 0 fully saturated rings. The first kappa shape index (κ1) is 71.5. The maximum Gasteiger partial charge on any atom is 0.302 e. The number of nitrogens with zero attached hydrogens (tertiary/aromatic N) is 8. The second-order valence-electron chi connectivity index (χ2n) is 24.2. The van der Waals surface area contributed by atoms with E-state index in [1.807, 2.05) is 50.5 Å². The van der Waals surface area contributed by atoms with Crippen LogP contribution in [-0.2, 0) is 21.9 Å². The Kier molecular flexibility index (Phi) is 27.8. The summed E-state index contributed by atoms with van der Waals surface area (Å²) in [5.41, 5.74) is 17.2. The predicted octanol–water partition coefficient (Wildman–Crippen LogP) is 16.4. The first-order valence-electron chi connectivity index (χ1n) is 28.1. The highest BCUT2D eigenvalue weighted by molar-refractivity contribution is 8.07. The lowest BCUT2D eigenvalue weighted by Crippen LogP contribution is -2.27. The summed E-state index contributed by atoms with van der Waals surface area (Å²) < 4.78 is 26.7. The third-order valence-corrected chi connectivity index (χ3v) is 17.1. The van der Waals surface area contributed by atoms with E-state index in [0.717, 1.165) is 43.4 Å². The largest absolute Gasteiger partial charge is 0.342 e. The molecule has 0 radical (unpaired) electrons. The lowest BCUT2D eigenvalue weighted by atomic mass is 9.95. The quantitative estimate of drug-likeness (QED) is 0.218. The summed E-state index contributed by atoms with van der Waals surface area (Å²) in [7, 11) is 3.80. The van der Waals surface area contributed by atoms with Gasteiger partial charge in [0.2, 0.25) is 0 Å². The van der Waals surface area contributed by atoms with Crippen molar-refractivity contribution in [3.05, 3.63) is 114 Å². The van der Waals surface area contributed by atoms with Gasteiger partial charge < -0.3 is 8.86 Å². The van der Waals surface area contributed by atoms with E-state index in [1.165, 1.54) is 51.7 Å². The van der Waals surface area contributed by atoms with Crippen molar-refractivity contribution in [1.82, 2.24) is 23.6 Å². The SMILES string of the molecule is C=C1N=C(C(C)C)C(C(C)C)=N1.C=C1N=NC(C(C)C)=C1C(C)C.C=C1NN(C)C(C(C)C)=C1C(C)C.C=C1SC(C(C)C)=C(C(C)C)N1C.CC(C)C1=C(C(C)C)N(C)S(=O)(=O)C1=O.CC(C)c1c(C(C)C)n(C)sc1=O. The van der Waals surface area contributed by atoms with Gasteiger partial charge in [-0.1, -0.05) is 204 Å². The normalized spacial score (nSPS) is 17.3. The lowest BCUT2D eigenvalue weighted by Gasteiger charge is -2.20. The van der Waals surface area contributed by atoms with Crippen molar-refractivity contribution in [2.75, 3.05) is 21.1 Å². The molecule has 0 bridgehead atoms. The zero-order valence-corrected chi connectivity index (χ0v) is 56.1. The molecule has 13 nitrogen and oxygen atoms in total. The number of aromatic nitrogens is 1. The van der Waals surface area contributed by atoms with Crippen LogP contribution >= 0.6 is 23.3 Å². The second kappa shape index (κ2) is 30.3. The number of allylic oxidation sites excluding steroid dienone is 7. The van der Waals surface area contributed by atoms with E-state index in [4.69, 9.17) is 0 Å². The third kappa shape index (κ3) is 18.0. The molecule has 0 saturated heterocycles. The van der Waals surface area contributed by atoms with Crippen molar-refractivity contribution >= 4 is 49.9 Å². The van der Waals surface area contributed by atoms with E-state index in [1.54, 1.807) is 0 Å². The van der Waals surface area contributed by atoms with E-state index in [-0.39, 0.29) is 16.6 Å². The van der Waals surface area contributed by atoms with Crippen LogP contribution < -0.4 is 10.2 Å². The zero-order valence-electron chi connectivity index (χ0n) is 53.7. The van der Waals surface area contributed by atoms with Gasteiger partial charge in [-0.05, 0) is 82.5 Å². The minimum absolute atomic E-state index is 0.0358. The van der Waals surface area contributed by atoms with Crippen LogP contribution in [0.5, 0.6) is 0 Å². The number of thioether (sulfide) groups is 1. The van der Waals surface area contributed by atoms with E-state index in [2.05, 4.69) is 214 Å². The Hall–Kier alpha value is -4.54. The molecule has 0 aliphatic carbocycles. The van der Waals surface area contributed by atoms with Gasteiger partial charge in [0.25, 0.3) is 9.86 Å². The van der Waals surface area contributed by atoms with Gasteiger partial charge in [0.15, 0.2) is 0 Å². The Labute approximate surface area is 483 Å². The highest BCUT2D eigenvalue weighted by Crippen LogP contribution is 2.45. The number of aliphatic imine (C=N–C) groups is 2. The van der Waals surface area contributed by atoms with Crippen LogP contribution in [0.15, 0.2) is 118 Å². The summed E-state index contributed by atoms with van der Waals surface area (Å²) in [5.74, 6) is 5.52. The molecule has 1 aromatic rings. The number of hydrazine groups is 1. The molecule has 78 heavy (non-hydrogen) atoms. The molecule has 5 aliphatic rings. The standard InChI is InChI=1S/C11H20N2.C11H19NS.2C10H16N2.C10H17NO3S.C10H17NOS/c1-7(2)10-9(5)12-13(6)11(10)8(3)4;1-7(2)10-11(8(3)4)13-9(5)12(10)6;1-6(2)9-10(7(3)4)12-8(5)11-9;1-6(2)9-8(5)11-12-10(9)7(3)4;1-6(2)8-9(7(3)4)11(5)15(13,14)10(8)12;1-6(2)8-9(7(3)4)11(5)13-10(8)12/h7-8,12H,5H2,1-4,6H3;7-8H,5H2,1-4,6H3;2*6-7H,5H2,1-4H3;6-7H,1-5H3;6-7H,1-5H3. The maximum atomic E-state index is 11.7. The third-order valence-electron chi connectivity index (χ3n) is 13.3. The smallest absolute Gasteiger partial charge is 0.302 e. The Morgan fingerprint density at radius 2 is 0.949 bits per heavy atom. The lowest BCUT2D eigenvalue weighted by molar-refractivity contribution is -0.108. The Bertz CT molecular complexity index is 2710. The molecule has 0 atom stereocenters. The summed E-state index contributed by atoms with van der Waals surface area (Å²) in [6, 6.07) is 0. The number of carbonyl (C=O) groups excluding carboxylic acids is 1. The zero-order chi connectivity index (χ0) is 61.1. The van der Waals surface area contributed by atoms with Crippen molar-refractivity contribution in [3.8, 4) is 0 Å². The van der Waals surface area contributed by atoms with E-state index in [0.29, 0.717) is 76.3 Å². The summed E-state index contributed by atoms with van der Waals surface area (Å²) >= 11 is 3.14. The monoisotopic (exact) mass is 1140 g/mol. The van der Waals surface area contributed by atoms with Gasteiger partial charge >= 0.3 is 10.0 Å². The summed E-state index contributed by atoms with van der Waals surface area (Å²) in [4.78, 5) is 35.6. The number of azo groups is 1. The molecule has 1 N–H and O–H groups in total. The van der Waals surface area contributed by atoms with Crippen LogP contribution in [0.2, 0.25) is 0 Å². The highest BCUT2D eigenvalue weighted by atomic mass is 32.2. The van der Waals surface area contributed by atoms with Crippen molar-refractivity contribution in [2.24, 2.45) is 86.4 Å². The number of carbonyl (C=O) groups is 1. The molecule has 440 valence electrons. The molecule has 0 spiro atoms. The van der Waals surface area contributed by atoms with Crippen LogP contribution in [0.25, 0.3) is 0 Å². The van der Waals surface area contributed by atoms with E-state index >= 15 is 0 Å². The molecule has 1 aromatic heterocycles. The van der Waals surface area contributed by atoms with E-state index in [9.17, 15) is 18.0 Å². The second-order valence-corrected chi connectivity index (χ2v) is 28.3. The maximum absolute atomic E-state index is 11.7. The van der Waals surface area contributed by atoms with Crippen LogP contribution in [0.4, 0.5) is 0 Å². The number of rotatable bonds is 12. The Morgan fingerprint density at radius 3 is 1.24 bits per heavy atom. The molecular weight excluding hydrogens is 1030 g/mol. The van der Waals surface area contributed by atoms with Crippen LogP contribution in [-0.4, -0.2) is 64.3 Å². The molecule has 0 saturated carbocycles. The van der Waals surface area contributed by atoms with Gasteiger partial charge in [-0.3, -0.25) is 24.3 Å². The van der Waals surface area contributed by atoms with Crippen molar-refractivity contribution < 1.29 is 13.2 Å². The summed E-state index contributed by atoms with van der Waals surface area (Å²) in [5, 5.41) is 10.6. The summed E-state index contributed by atoms with van der Waals surface area (Å²) in [6.07, 6.45) is 0. The molecule has 5 aliphatic heterocycles. The molecule has 0 aromatic carbocycles. The number of sulfonamides is 1. The average Bonchev–Trinajstić information content (AvgIpc) is 4.13. The van der Waals surface area contributed by atoms with Gasteiger partial charge in [0.1, 0.15) is 5.82 Å². The highest BCUT2D eigenvalue weighted by Gasteiger charge is 2.43. The number of hydrogen-bond donors (Lipinski definition) is 1. The molecule has 6 rings (SSSR count). The molecular formula is C62H105N9O4S3. The van der Waals surface area contributed by atoms with Crippen LogP contribution in [0.3, 0.4) is 0 Å². The minimum atomic E-state index is -3.77. The van der Waals surface area contributed by atoms with Gasteiger partial charge in [-0.2, -0.15) is 18.6 Å². The van der Waals surface area contributed by atoms with Gasteiger partial charge in [0, 0.05) is 78.2 Å². The molecule has 0 amide bonds. The fourth-order valence-corrected chi connectivity index (χ4v) is 13.6. The predicted molar refractivity (Wildman–Crippen MR) is 338 cm³/mol. The van der Waals surface area contributed by atoms with Crippen molar-refractivity contribution in [2.45, 2.75) is 178 Å². The fraction of sp³-hybridized carbons (Fsp3) is 0.645. The Balaban J connectivity index is 0.000000469. The topological polar surface area (TPSA) is 144 Å². The van der Waals surface area contributed by atoms with Crippen LogP contribution in [0, 0.1) is 59.2 Å². The fourth-order valence-electron chi connectivity index (χ4n) is 9.90. The number of hydrogen-bond acceptors (Lipinski definition) is 13. The average molecular weight is 1140 g/mol. The van der Waals surface area contributed by atoms with Gasteiger partial charge in [-0.25, -0.2) is 9.98 Å². The molecule has 16 heteroatoms. The van der Waals surface area contributed by atoms with Gasteiger partial charge in [0.05, 0.1) is 33.5 Å². The first-order valence-corrected chi connectivity index (χ1v) is 31.1. The Morgan fingerprint density at radius 1 is 0.500 bits per heavy atom. The van der Waals surface area contributed by atoms with Crippen molar-refractivity contribution in [1.29, 1.82) is 0 Å². The molecule has 0 unspecified atom stereocenters. The number of aryl methyl sites for hydroxylation is 1.